The first-order valence-electron chi connectivity index (χ1n) is 8.76. The number of hydrogen-bond acceptors (Lipinski definition) is 7. The smallest absolute Gasteiger partial charge is 0.328 e. The van der Waals surface area contributed by atoms with Gasteiger partial charge < -0.3 is 10.6 Å². The van der Waals surface area contributed by atoms with Gasteiger partial charge in [0, 0.05) is 30.4 Å². The third-order valence-corrected chi connectivity index (χ3v) is 3.99. The summed E-state index contributed by atoms with van der Waals surface area (Å²) in [5.74, 6) is -2.56. The van der Waals surface area contributed by atoms with E-state index in [1.807, 2.05) is 30.3 Å². The van der Waals surface area contributed by atoms with Gasteiger partial charge in [-0.15, -0.1) is 0 Å². The molecule has 0 saturated carbocycles. The van der Waals surface area contributed by atoms with E-state index < -0.39 is 23.8 Å². The number of hydrogen-bond donors (Lipinski definition) is 1. The second-order valence-electron chi connectivity index (χ2n) is 6.09. The maximum absolute atomic E-state index is 12.8. The number of nitrogens with two attached hydrogens (primary N) is 1. The fraction of sp³-hybridized carbons (Fsp3) is 0.0952. The van der Waals surface area contributed by atoms with Crippen LogP contribution in [0, 0.1) is 0 Å². The van der Waals surface area contributed by atoms with Gasteiger partial charge in [-0.3, -0.25) is 19.6 Å². The Morgan fingerprint density at radius 1 is 0.862 bits per heavy atom. The summed E-state index contributed by atoms with van der Waals surface area (Å²) in [7, 11) is 0. The molecule has 8 nitrogen and oxygen atoms in total. The summed E-state index contributed by atoms with van der Waals surface area (Å²) in [5.41, 5.74) is 6.96. The van der Waals surface area contributed by atoms with E-state index in [2.05, 4.69) is 9.97 Å². The zero-order valence-electron chi connectivity index (χ0n) is 15.3. The van der Waals surface area contributed by atoms with Crippen molar-refractivity contribution in [1.29, 1.82) is 0 Å². The van der Waals surface area contributed by atoms with E-state index >= 15 is 0 Å². The summed E-state index contributed by atoms with van der Waals surface area (Å²) in [6.07, 6.45) is 5.73. The normalized spacial score (nSPS) is 11.3. The molecule has 3 rings (SSSR count). The van der Waals surface area contributed by atoms with Gasteiger partial charge in [0.2, 0.25) is 0 Å². The molecule has 146 valence electrons. The number of benzene rings is 1. The molecule has 0 bridgehead atoms. The van der Waals surface area contributed by atoms with Gasteiger partial charge in [-0.05, 0) is 36.2 Å². The molecule has 0 aliphatic rings. The largest absolute Gasteiger partial charge is 0.350 e. The molecule has 0 unspecified atom stereocenters. The van der Waals surface area contributed by atoms with Gasteiger partial charge in [-0.1, -0.05) is 35.4 Å². The molecule has 29 heavy (non-hydrogen) atoms. The van der Waals surface area contributed by atoms with Gasteiger partial charge in [0.15, 0.2) is 0 Å². The Bertz CT molecular complexity index is 930. The van der Waals surface area contributed by atoms with Crippen LogP contribution >= 0.6 is 0 Å². The second-order valence-corrected chi connectivity index (χ2v) is 6.09. The van der Waals surface area contributed by atoms with Crippen molar-refractivity contribution >= 4 is 17.8 Å². The topological polar surface area (TPSA) is 115 Å². The van der Waals surface area contributed by atoms with Crippen molar-refractivity contribution in [2.24, 2.45) is 5.73 Å². The van der Waals surface area contributed by atoms with E-state index in [0.717, 1.165) is 5.56 Å². The van der Waals surface area contributed by atoms with E-state index in [4.69, 9.17) is 10.6 Å². The van der Waals surface area contributed by atoms with E-state index in [9.17, 15) is 14.4 Å². The van der Waals surface area contributed by atoms with Gasteiger partial charge in [0.05, 0.1) is 5.56 Å². The number of pyridine rings is 2. The van der Waals surface area contributed by atoms with Crippen molar-refractivity contribution in [3.8, 4) is 0 Å². The molecule has 2 N–H and O–H groups in total. The Kier molecular flexibility index (Phi) is 6.39. The molecule has 3 aromatic rings. The van der Waals surface area contributed by atoms with Crippen molar-refractivity contribution in [3.05, 3.63) is 96.1 Å². The van der Waals surface area contributed by atoms with Crippen molar-refractivity contribution in [2.75, 3.05) is 0 Å². The fourth-order valence-electron chi connectivity index (χ4n) is 2.50. The second kappa shape index (κ2) is 9.34. The zero-order valence-corrected chi connectivity index (χ0v) is 15.3. The van der Waals surface area contributed by atoms with Crippen molar-refractivity contribution < 1.29 is 19.2 Å². The van der Waals surface area contributed by atoms with E-state index in [1.165, 1.54) is 49.1 Å². The summed E-state index contributed by atoms with van der Waals surface area (Å²) in [6.45, 7) is 0. The third-order valence-electron chi connectivity index (χ3n) is 3.99. The summed E-state index contributed by atoms with van der Waals surface area (Å²) < 4.78 is 0. The minimum atomic E-state index is -1.06. The predicted molar refractivity (Wildman–Crippen MR) is 103 cm³/mol. The van der Waals surface area contributed by atoms with E-state index in [0.29, 0.717) is 5.06 Å². The lowest BCUT2D eigenvalue weighted by Crippen LogP contribution is -2.44. The van der Waals surface area contributed by atoms with Gasteiger partial charge in [0.1, 0.15) is 6.04 Å². The Morgan fingerprint density at radius 3 is 2.21 bits per heavy atom. The summed E-state index contributed by atoms with van der Waals surface area (Å²) in [6, 6.07) is 13.8. The monoisotopic (exact) mass is 390 g/mol. The van der Waals surface area contributed by atoms with Crippen LogP contribution in [0.25, 0.3) is 0 Å². The molecule has 0 saturated heterocycles. The van der Waals surface area contributed by atoms with Crippen LogP contribution in [0.15, 0.2) is 79.4 Å². The molecular formula is C21H18N4O4. The highest BCUT2D eigenvalue weighted by molar-refractivity contribution is 6.09. The van der Waals surface area contributed by atoms with Gasteiger partial charge in [0.25, 0.3) is 11.8 Å². The molecule has 8 heteroatoms. The highest BCUT2D eigenvalue weighted by Crippen LogP contribution is 2.12. The molecule has 0 radical (unpaired) electrons. The first kappa shape index (κ1) is 19.8. The molecule has 0 fully saturated rings. The standard InChI is InChI=1S/C21H18N4O4/c22-18(13-15-5-2-1-3-6-15)21(28)29-25(19(26)16-8-11-23-12-9-16)20(27)17-7-4-10-24-14-17/h1-12,14,18H,13,22H2/t18-/m0/s1. The Balaban J connectivity index is 1.81. The maximum Gasteiger partial charge on any atom is 0.350 e. The molecule has 2 aromatic heterocycles. The first-order valence-corrected chi connectivity index (χ1v) is 8.76. The number of carbonyl (C=O) groups excluding carboxylic acids is 3. The summed E-state index contributed by atoms with van der Waals surface area (Å²) >= 11 is 0. The van der Waals surface area contributed by atoms with Crippen molar-refractivity contribution in [3.63, 3.8) is 0 Å². The Labute approximate surface area is 166 Å². The number of hydroxylamine groups is 2. The van der Waals surface area contributed by atoms with Crippen LogP contribution < -0.4 is 5.73 Å². The predicted octanol–water partition coefficient (Wildman–Crippen LogP) is 1.79. The summed E-state index contributed by atoms with van der Waals surface area (Å²) in [5, 5.41) is 0.402. The van der Waals surface area contributed by atoms with E-state index in [-0.39, 0.29) is 17.5 Å². The number of amides is 2. The van der Waals surface area contributed by atoms with Crippen LogP contribution in [0.2, 0.25) is 0 Å². The Hall–Kier alpha value is -3.91. The SMILES string of the molecule is N[C@@H](Cc1ccccc1)C(=O)ON(C(=O)c1ccncc1)C(=O)c1cccnc1. The van der Waals surface area contributed by atoms with E-state index in [1.54, 1.807) is 0 Å². The number of imide groups is 1. The molecular weight excluding hydrogens is 372 g/mol. The van der Waals surface area contributed by atoms with Gasteiger partial charge in [-0.2, -0.15) is 0 Å². The molecule has 0 aliphatic heterocycles. The van der Waals surface area contributed by atoms with Crippen LogP contribution in [-0.2, 0) is 16.1 Å². The molecule has 2 heterocycles. The lowest BCUT2D eigenvalue weighted by atomic mass is 10.1. The van der Waals surface area contributed by atoms with Crippen LogP contribution in [0.1, 0.15) is 26.3 Å². The number of nitrogens with zero attached hydrogens (tertiary/aromatic N) is 3. The van der Waals surface area contributed by atoms with Crippen LogP contribution in [0.5, 0.6) is 0 Å². The lowest BCUT2D eigenvalue weighted by molar-refractivity contribution is -0.170. The average Bonchev–Trinajstić information content (AvgIpc) is 2.78. The van der Waals surface area contributed by atoms with Gasteiger partial charge in [-0.25, -0.2) is 4.79 Å². The van der Waals surface area contributed by atoms with Crippen LogP contribution in [-0.4, -0.2) is 38.9 Å². The van der Waals surface area contributed by atoms with Crippen LogP contribution in [0.4, 0.5) is 0 Å². The maximum atomic E-state index is 12.8. The lowest BCUT2D eigenvalue weighted by Gasteiger charge is -2.21. The molecule has 0 aliphatic carbocycles. The number of carbonyl (C=O) groups is 3. The van der Waals surface area contributed by atoms with Crippen LogP contribution in [0.3, 0.4) is 0 Å². The number of aromatic nitrogens is 2. The third kappa shape index (κ3) is 5.08. The minimum absolute atomic E-state index is 0.0827. The quantitative estimate of drug-likeness (QED) is 0.521. The van der Waals surface area contributed by atoms with Crippen molar-refractivity contribution in [1.82, 2.24) is 15.0 Å². The molecule has 1 atom stereocenters. The highest BCUT2D eigenvalue weighted by atomic mass is 16.7. The number of rotatable bonds is 5. The highest BCUT2D eigenvalue weighted by Gasteiger charge is 2.30. The fourth-order valence-corrected chi connectivity index (χ4v) is 2.50. The van der Waals surface area contributed by atoms with Gasteiger partial charge >= 0.3 is 5.97 Å². The zero-order chi connectivity index (χ0) is 20.6. The molecule has 1 aromatic carbocycles. The average molecular weight is 390 g/mol. The molecule has 2 amide bonds. The Morgan fingerprint density at radius 2 is 1.55 bits per heavy atom. The van der Waals surface area contributed by atoms with Crippen molar-refractivity contribution in [2.45, 2.75) is 12.5 Å². The summed E-state index contributed by atoms with van der Waals surface area (Å²) in [4.78, 5) is 51.0. The first-order chi connectivity index (χ1) is 14.1. The molecule has 0 spiro atoms. The minimum Gasteiger partial charge on any atom is -0.328 e.